The second kappa shape index (κ2) is 10.9. The Hall–Kier alpha value is -3.57. The first-order valence-corrected chi connectivity index (χ1v) is 14.4. The van der Waals surface area contributed by atoms with Gasteiger partial charge >= 0.3 is 5.69 Å². The Morgan fingerprint density at radius 2 is 1.98 bits per heavy atom. The highest BCUT2D eigenvalue weighted by Gasteiger charge is 2.37. The van der Waals surface area contributed by atoms with Crippen molar-refractivity contribution in [3.8, 4) is 16.9 Å². The maximum atomic E-state index is 15.3. The number of likely N-dealkylation sites (tertiary alicyclic amines) is 1. The normalized spacial score (nSPS) is 22.3. The smallest absolute Gasteiger partial charge is 0.350 e. The van der Waals surface area contributed by atoms with E-state index in [1.165, 1.54) is 12.1 Å². The van der Waals surface area contributed by atoms with E-state index in [1.54, 1.807) is 15.5 Å². The second-order valence-corrected chi connectivity index (χ2v) is 11.6. The zero-order chi connectivity index (χ0) is 29.9. The SMILES string of the molecule is C=CC(=O)N1C[C@H](C)N(c2nc(=O)n3c4c(c(-c5c(F)cccc5C(F)F)c(Cl)cc24)OCC3CN2CCC2)C[C@H]1C. The van der Waals surface area contributed by atoms with Gasteiger partial charge in [0.15, 0.2) is 5.75 Å². The molecular weight excluding hydrogens is 571 g/mol. The van der Waals surface area contributed by atoms with Crippen LogP contribution < -0.4 is 15.3 Å². The van der Waals surface area contributed by atoms with Crippen molar-refractivity contribution in [2.45, 2.75) is 44.8 Å². The lowest BCUT2D eigenvalue weighted by molar-refractivity contribution is -0.128. The molecule has 6 rings (SSSR count). The molecule has 0 radical (unpaired) electrons. The Labute approximate surface area is 245 Å². The maximum Gasteiger partial charge on any atom is 0.350 e. The Morgan fingerprint density at radius 3 is 2.64 bits per heavy atom. The molecule has 8 nitrogen and oxygen atoms in total. The fourth-order valence-corrected chi connectivity index (χ4v) is 6.63. The molecule has 3 atom stereocenters. The van der Waals surface area contributed by atoms with E-state index in [0.29, 0.717) is 36.4 Å². The van der Waals surface area contributed by atoms with Gasteiger partial charge in [0.2, 0.25) is 5.91 Å². The van der Waals surface area contributed by atoms with Crippen LogP contribution in [0.2, 0.25) is 5.02 Å². The van der Waals surface area contributed by atoms with Crippen LogP contribution in [0.3, 0.4) is 0 Å². The van der Waals surface area contributed by atoms with Crippen molar-refractivity contribution in [2.24, 2.45) is 0 Å². The van der Waals surface area contributed by atoms with Gasteiger partial charge in [-0.3, -0.25) is 9.36 Å². The van der Waals surface area contributed by atoms with Crippen molar-refractivity contribution >= 4 is 34.2 Å². The molecular formula is C30H31ClF3N5O3. The van der Waals surface area contributed by atoms with Crippen LogP contribution >= 0.6 is 11.6 Å². The fourth-order valence-electron chi connectivity index (χ4n) is 6.34. The van der Waals surface area contributed by atoms with E-state index in [9.17, 15) is 18.4 Å². The van der Waals surface area contributed by atoms with E-state index in [-0.39, 0.29) is 46.5 Å². The van der Waals surface area contributed by atoms with Crippen molar-refractivity contribution < 1.29 is 22.7 Å². The summed E-state index contributed by atoms with van der Waals surface area (Å²) in [4.78, 5) is 36.7. The Morgan fingerprint density at radius 1 is 1.21 bits per heavy atom. The minimum atomic E-state index is -2.97. The van der Waals surface area contributed by atoms with E-state index in [1.807, 2.05) is 18.7 Å². The van der Waals surface area contributed by atoms with E-state index in [4.69, 9.17) is 16.3 Å². The molecule has 3 aliphatic rings. The van der Waals surface area contributed by atoms with Gasteiger partial charge in [0, 0.05) is 53.8 Å². The fraction of sp³-hybridized carbons (Fsp3) is 0.433. The predicted molar refractivity (Wildman–Crippen MR) is 155 cm³/mol. The number of carbonyl (C=O) groups is 1. The first-order chi connectivity index (χ1) is 20.1. The average Bonchev–Trinajstić information content (AvgIpc) is 2.93. The number of piperazine rings is 1. The van der Waals surface area contributed by atoms with Crippen molar-refractivity contribution in [2.75, 3.05) is 44.2 Å². The van der Waals surface area contributed by atoms with Gasteiger partial charge in [-0.05, 0) is 51.6 Å². The Balaban J connectivity index is 1.59. The number of aromatic nitrogens is 2. The second-order valence-electron chi connectivity index (χ2n) is 11.2. The molecule has 12 heteroatoms. The van der Waals surface area contributed by atoms with Crippen LogP contribution in [0, 0.1) is 5.82 Å². The van der Waals surface area contributed by atoms with Gasteiger partial charge < -0.3 is 19.4 Å². The monoisotopic (exact) mass is 601 g/mol. The summed E-state index contributed by atoms with van der Waals surface area (Å²) >= 11 is 6.80. The number of carbonyl (C=O) groups excluding carboxylic acids is 1. The number of hydrogen-bond acceptors (Lipinski definition) is 6. The highest BCUT2D eigenvalue weighted by Crippen LogP contribution is 2.49. The van der Waals surface area contributed by atoms with Gasteiger partial charge in [-0.2, -0.15) is 4.98 Å². The van der Waals surface area contributed by atoms with E-state index >= 15 is 4.39 Å². The minimum absolute atomic E-state index is 0.000106. The van der Waals surface area contributed by atoms with Crippen LogP contribution in [-0.2, 0) is 4.79 Å². The molecule has 4 heterocycles. The molecule has 2 fully saturated rings. The number of nitrogens with zero attached hydrogens (tertiary/aromatic N) is 5. The van der Waals surface area contributed by atoms with E-state index in [0.717, 1.165) is 31.6 Å². The lowest BCUT2D eigenvalue weighted by atomic mass is 9.95. The molecule has 3 aliphatic heterocycles. The lowest BCUT2D eigenvalue weighted by Crippen LogP contribution is -2.58. The van der Waals surface area contributed by atoms with Crippen LogP contribution in [0.25, 0.3) is 22.0 Å². The summed E-state index contributed by atoms with van der Waals surface area (Å²) in [5.41, 5.74) is -1.07. The first-order valence-electron chi connectivity index (χ1n) is 14.0. The van der Waals surface area contributed by atoms with Gasteiger partial charge in [-0.1, -0.05) is 30.3 Å². The summed E-state index contributed by atoms with van der Waals surface area (Å²) in [7, 11) is 0. The van der Waals surface area contributed by atoms with Crippen molar-refractivity contribution in [1.82, 2.24) is 19.4 Å². The molecule has 0 bridgehead atoms. The Bertz CT molecular complexity index is 1640. The number of hydrogen-bond donors (Lipinski definition) is 0. The van der Waals surface area contributed by atoms with Gasteiger partial charge in [-0.15, -0.1) is 0 Å². The van der Waals surface area contributed by atoms with Gasteiger partial charge in [-0.25, -0.2) is 18.0 Å². The summed E-state index contributed by atoms with van der Waals surface area (Å²) in [5.74, 6) is -0.632. The average molecular weight is 602 g/mol. The number of halogens is 4. The zero-order valence-electron chi connectivity index (χ0n) is 23.3. The van der Waals surface area contributed by atoms with Crippen LogP contribution in [0.15, 0.2) is 41.7 Å². The molecule has 222 valence electrons. The molecule has 1 amide bonds. The number of ether oxygens (including phenoxy) is 1. The standard InChI is InChI=1S/C30H31ClF3N5O3/c1-4-23(40)37-12-17(3)38(13-16(37)2)29-20-11-21(31)25(24-19(28(33)34)7-5-8-22(24)32)27-26(20)39(30(41)35-29)18(15-42-27)14-36-9-6-10-36/h4-5,7-8,11,16-18,28H,1,6,9-10,12-15H2,2-3H3/t16-,17+,18?/m1/s1. The van der Waals surface area contributed by atoms with Crippen LogP contribution in [-0.4, -0.2) is 76.7 Å². The third-order valence-corrected chi connectivity index (χ3v) is 8.84. The minimum Gasteiger partial charge on any atom is -0.488 e. The summed E-state index contributed by atoms with van der Waals surface area (Å²) in [5, 5.41) is 0.490. The Kier molecular flexibility index (Phi) is 7.43. The topological polar surface area (TPSA) is 70.9 Å². The molecule has 3 aromatic rings. The summed E-state index contributed by atoms with van der Waals surface area (Å²) < 4.78 is 51.3. The van der Waals surface area contributed by atoms with Crippen molar-refractivity contribution in [1.29, 1.82) is 0 Å². The highest BCUT2D eigenvalue weighted by molar-refractivity contribution is 6.35. The van der Waals surface area contributed by atoms with E-state index < -0.39 is 29.5 Å². The number of alkyl halides is 2. The summed E-state index contributed by atoms with van der Waals surface area (Å²) in [6.07, 6.45) is -0.630. The first kappa shape index (κ1) is 28.5. The molecule has 1 aromatic heterocycles. The van der Waals surface area contributed by atoms with Gasteiger partial charge in [0.25, 0.3) is 6.43 Å². The van der Waals surface area contributed by atoms with Gasteiger partial charge in [0.05, 0.1) is 16.6 Å². The van der Waals surface area contributed by atoms with Gasteiger partial charge in [0.1, 0.15) is 18.2 Å². The largest absolute Gasteiger partial charge is 0.488 e. The molecule has 0 N–H and O–H groups in total. The summed E-state index contributed by atoms with van der Waals surface area (Å²) in [6.45, 7) is 10.6. The molecule has 42 heavy (non-hydrogen) atoms. The van der Waals surface area contributed by atoms with Crippen LogP contribution in [0.1, 0.15) is 38.3 Å². The van der Waals surface area contributed by atoms with Crippen LogP contribution in [0.5, 0.6) is 5.75 Å². The molecule has 0 aliphatic carbocycles. The quantitative estimate of drug-likeness (QED) is 0.369. The predicted octanol–water partition coefficient (Wildman–Crippen LogP) is 5.04. The third kappa shape index (κ3) is 4.63. The maximum absolute atomic E-state index is 15.3. The molecule has 2 saturated heterocycles. The number of anilines is 1. The summed E-state index contributed by atoms with van der Waals surface area (Å²) in [6, 6.07) is 4.21. The molecule has 0 spiro atoms. The number of rotatable bonds is 6. The van der Waals surface area contributed by atoms with Crippen molar-refractivity contribution in [3.63, 3.8) is 0 Å². The highest BCUT2D eigenvalue weighted by atomic mass is 35.5. The third-order valence-electron chi connectivity index (χ3n) is 8.55. The van der Waals surface area contributed by atoms with E-state index in [2.05, 4.69) is 16.5 Å². The number of amides is 1. The lowest BCUT2D eigenvalue weighted by Gasteiger charge is -2.45. The number of benzene rings is 2. The van der Waals surface area contributed by atoms with Crippen LogP contribution in [0.4, 0.5) is 19.0 Å². The molecule has 0 saturated carbocycles. The van der Waals surface area contributed by atoms with Crippen molar-refractivity contribution in [3.05, 3.63) is 63.8 Å². The molecule has 2 aromatic carbocycles. The zero-order valence-corrected chi connectivity index (χ0v) is 24.1. The molecule has 1 unspecified atom stereocenters.